The lowest BCUT2D eigenvalue weighted by Crippen LogP contribution is -2.50. The van der Waals surface area contributed by atoms with Gasteiger partial charge in [-0.1, -0.05) is 18.2 Å². The monoisotopic (exact) mass is 412 g/mol. The van der Waals surface area contributed by atoms with Crippen molar-refractivity contribution in [2.45, 2.75) is 18.9 Å². The van der Waals surface area contributed by atoms with Crippen LogP contribution in [0.25, 0.3) is 0 Å². The Morgan fingerprint density at radius 1 is 1.10 bits per heavy atom. The second kappa shape index (κ2) is 9.30. The van der Waals surface area contributed by atoms with Crippen molar-refractivity contribution >= 4 is 11.8 Å². The fraction of sp³-hybridized carbons (Fsp3) is 0.500. The number of nitrogens with zero attached hydrogens (tertiary/aromatic N) is 4. The van der Waals surface area contributed by atoms with Gasteiger partial charge in [-0.15, -0.1) is 0 Å². The molecule has 160 valence electrons. The van der Waals surface area contributed by atoms with Gasteiger partial charge < -0.3 is 19.3 Å². The maximum absolute atomic E-state index is 13.0. The van der Waals surface area contributed by atoms with E-state index in [0.29, 0.717) is 57.9 Å². The van der Waals surface area contributed by atoms with E-state index in [1.54, 1.807) is 24.0 Å². The number of hydrogen-bond acceptors (Lipinski definition) is 5. The number of rotatable bonds is 5. The van der Waals surface area contributed by atoms with Gasteiger partial charge >= 0.3 is 0 Å². The summed E-state index contributed by atoms with van der Waals surface area (Å²) >= 11 is 0. The summed E-state index contributed by atoms with van der Waals surface area (Å²) in [7, 11) is 1.76. The van der Waals surface area contributed by atoms with E-state index in [9.17, 15) is 9.59 Å². The van der Waals surface area contributed by atoms with Gasteiger partial charge in [0.05, 0.1) is 13.2 Å². The molecule has 2 atom stereocenters. The first-order chi connectivity index (χ1) is 14.6. The number of benzene rings is 1. The molecular weight excluding hydrogens is 384 g/mol. The minimum absolute atomic E-state index is 0.0583. The smallest absolute Gasteiger partial charge is 0.272 e. The van der Waals surface area contributed by atoms with Crippen molar-refractivity contribution in [3.05, 3.63) is 48.3 Å². The molecule has 1 aromatic carbocycles. The number of aryl methyl sites for hydroxylation is 1. The van der Waals surface area contributed by atoms with Crippen LogP contribution in [0.3, 0.4) is 0 Å². The van der Waals surface area contributed by atoms with Crippen molar-refractivity contribution in [1.82, 2.24) is 19.6 Å². The molecule has 0 aliphatic carbocycles. The molecule has 30 heavy (non-hydrogen) atoms. The van der Waals surface area contributed by atoms with Crippen molar-refractivity contribution < 1.29 is 19.1 Å². The van der Waals surface area contributed by atoms with Crippen molar-refractivity contribution in [3.8, 4) is 5.75 Å². The van der Waals surface area contributed by atoms with E-state index in [2.05, 4.69) is 5.10 Å². The van der Waals surface area contributed by atoms with E-state index >= 15 is 0 Å². The summed E-state index contributed by atoms with van der Waals surface area (Å²) in [5.74, 6) is 0.751. The molecule has 2 fully saturated rings. The third-order valence-electron chi connectivity index (χ3n) is 5.82. The fourth-order valence-corrected chi connectivity index (χ4v) is 4.13. The van der Waals surface area contributed by atoms with Crippen LogP contribution in [0.5, 0.6) is 5.75 Å². The molecule has 0 bridgehead atoms. The van der Waals surface area contributed by atoms with E-state index < -0.39 is 0 Å². The lowest BCUT2D eigenvalue weighted by Gasteiger charge is -2.39. The van der Waals surface area contributed by atoms with Crippen LogP contribution in [0.2, 0.25) is 0 Å². The van der Waals surface area contributed by atoms with Gasteiger partial charge in [0.15, 0.2) is 0 Å². The number of likely N-dealkylation sites (tertiary alicyclic amines) is 1. The number of amides is 2. The number of para-hydroxylation sites is 1. The Kier molecular flexibility index (Phi) is 6.32. The highest BCUT2D eigenvalue weighted by molar-refractivity contribution is 5.92. The fourth-order valence-electron chi connectivity index (χ4n) is 4.13. The predicted octanol–water partition coefficient (Wildman–Crippen LogP) is 1.58. The summed E-state index contributed by atoms with van der Waals surface area (Å²) in [6, 6.07) is 11.4. The summed E-state index contributed by atoms with van der Waals surface area (Å²) < 4.78 is 13.2. The number of morpholine rings is 1. The second-order valence-electron chi connectivity index (χ2n) is 7.81. The number of carbonyl (C=O) groups is 2. The zero-order chi connectivity index (χ0) is 20.9. The Balaban J connectivity index is 1.48. The number of piperidine rings is 1. The summed E-state index contributed by atoms with van der Waals surface area (Å²) in [6.07, 6.45) is 2.54. The molecule has 0 unspecified atom stereocenters. The quantitative estimate of drug-likeness (QED) is 0.745. The standard InChI is InChI=1S/C22H28N4O4/c1-24-19(7-9-23-24)22(28)26-10-8-20(30-18-5-3-2-4-6-18)17(16-26)15-21(27)25-11-13-29-14-12-25/h2-7,9,17,20H,8,10-16H2,1H3/t17-,20-/m0/s1. The van der Waals surface area contributed by atoms with E-state index in [4.69, 9.17) is 9.47 Å². The van der Waals surface area contributed by atoms with Gasteiger partial charge in [-0.3, -0.25) is 14.3 Å². The minimum atomic E-state index is -0.118. The zero-order valence-corrected chi connectivity index (χ0v) is 17.3. The van der Waals surface area contributed by atoms with Crippen LogP contribution in [0, 0.1) is 5.92 Å². The van der Waals surface area contributed by atoms with Crippen LogP contribution in [0.4, 0.5) is 0 Å². The average molecular weight is 412 g/mol. The Labute approximate surface area is 176 Å². The lowest BCUT2D eigenvalue weighted by molar-refractivity contribution is -0.137. The van der Waals surface area contributed by atoms with E-state index in [1.807, 2.05) is 40.1 Å². The van der Waals surface area contributed by atoms with Crippen LogP contribution in [0.15, 0.2) is 42.6 Å². The van der Waals surface area contributed by atoms with E-state index in [0.717, 1.165) is 5.75 Å². The highest BCUT2D eigenvalue weighted by atomic mass is 16.5. The topological polar surface area (TPSA) is 76.9 Å². The zero-order valence-electron chi connectivity index (χ0n) is 17.3. The first-order valence-corrected chi connectivity index (χ1v) is 10.5. The molecular formula is C22H28N4O4. The first-order valence-electron chi connectivity index (χ1n) is 10.5. The lowest BCUT2D eigenvalue weighted by atomic mass is 9.90. The van der Waals surface area contributed by atoms with Crippen LogP contribution in [-0.4, -0.2) is 76.9 Å². The third-order valence-corrected chi connectivity index (χ3v) is 5.82. The molecule has 2 saturated heterocycles. The molecule has 2 aromatic rings. The molecule has 8 heteroatoms. The number of carbonyl (C=O) groups excluding carboxylic acids is 2. The third kappa shape index (κ3) is 4.64. The molecule has 2 aliphatic heterocycles. The van der Waals surface area contributed by atoms with Gasteiger partial charge in [-0.2, -0.15) is 5.10 Å². The second-order valence-corrected chi connectivity index (χ2v) is 7.81. The molecule has 1 aromatic heterocycles. The Bertz CT molecular complexity index is 863. The van der Waals surface area contributed by atoms with Crippen molar-refractivity contribution in [2.24, 2.45) is 13.0 Å². The number of aromatic nitrogens is 2. The molecule has 2 amide bonds. The van der Waals surface area contributed by atoms with Crippen LogP contribution in [0.1, 0.15) is 23.3 Å². The van der Waals surface area contributed by atoms with Gasteiger partial charge in [-0.05, 0) is 18.2 Å². The molecule has 4 rings (SSSR count). The summed E-state index contributed by atoms with van der Waals surface area (Å²) in [5.41, 5.74) is 0.552. The molecule has 3 heterocycles. The Morgan fingerprint density at radius 2 is 1.87 bits per heavy atom. The largest absolute Gasteiger partial charge is 0.490 e. The molecule has 0 N–H and O–H groups in total. The Morgan fingerprint density at radius 3 is 2.57 bits per heavy atom. The van der Waals surface area contributed by atoms with Gasteiger partial charge in [0.25, 0.3) is 5.91 Å². The molecule has 2 aliphatic rings. The van der Waals surface area contributed by atoms with Crippen molar-refractivity contribution in [3.63, 3.8) is 0 Å². The number of ether oxygens (including phenoxy) is 2. The van der Waals surface area contributed by atoms with Gasteiger partial charge in [0, 0.05) is 58.2 Å². The van der Waals surface area contributed by atoms with Crippen LogP contribution in [-0.2, 0) is 16.6 Å². The normalized spacial score (nSPS) is 22.0. The van der Waals surface area contributed by atoms with Crippen molar-refractivity contribution in [1.29, 1.82) is 0 Å². The highest BCUT2D eigenvalue weighted by Gasteiger charge is 2.36. The highest BCUT2D eigenvalue weighted by Crippen LogP contribution is 2.27. The summed E-state index contributed by atoms with van der Waals surface area (Å²) in [6.45, 7) is 3.46. The average Bonchev–Trinajstić information content (AvgIpc) is 3.21. The van der Waals surface area contributed by atoms with Crippen LogP contribution >= 0.6 is 0 Å². The van der Waals surface area contributed by atoms with Crippen molar-refractivity contribution in [2.75, 3.05) is 39.4 Å². The minimum Gasteiger partial charge on any atom is -0.490 e. The SMILES string of the molecule is Cn1nccc1C(=O)N1CC[C@H](Oc2ccccc2)[C@@H](CC(=O)N2CCOCC2)C1. The first kappa shape index (κ1) is 20.4. The molecule has 0 spiro atoms. The molecule has 8 nitrogen and oxygen atoms in total. The van der Waals surface area contributed by atoms with Gasteiger partial charge in [0.1, 0.15) is 17.5 Å². The predicted molar refractivity (Wildman–Crippen MR) is 110 cm³/mol. The van der Waals surface area contributed by atoms with E-state index in [-0.39, 0.29) is 23.8 Å². The summed E-state index contributed by atoms with van der Waals surface area (Å²) in [5, 5.41) is 4.10. The van der Waals surface area contributed by atoms with Crippen LogP contribution < -0.4 is 4.74 Å². The maximum Gasteiger partial charge on any atom is 0.272 e. The summed E-state index contributed by atoms with van der Waals surface area (Å²) in [4.78, 5) is 29.6. The van der Waals surface area contributed by atoms with Gasteiger partial charge in [-0.25, -0.2) is 0 Å². The van der Waals surface area contributed by atoms with Gasteiger partial charge in [0.2, 0.25) is 5.91 Å². The molecule has 0 saturated carbocycles. The van der Waals surface area contributed by atoms with E-state index in [1.165, 1.54) is 0 Å². The number of hydrogen-bond donors (Lipinski definition) is 0. The molecule has 0 radical (unpaired) electrons. The Hall–Kier alpha value is -2.87. The maximum atomic E-state index is 13.0.